The fraction of sp³-hybridized carbons (Fsp3) is 0.529. The Bertz CT molecular complexity index is 1900. The third-order valence-corrected chi connectivity index (χ3v) is 12.4. The molecule has 0 fully saturated rings. The first-order chi connectivity index (χ1) is 26.0. The minimum atomic E-state index is -0.0839. The fourth-order valence-corrected chi connectivity index (χ4v) is 8.81. The number of methoxy groups -OCH3 is 4. The molecule has 0 aromatic heterocycles. The van der Waals surface area contributed by atoms with Gasteiger partial charge in [0.05, 0.1) is 28.4 Å². The Balaban J connectivity index is 2.04. The van der Waals surface area contributed by atoms with Crippen LogP contribution in [0.1, 0.15) is 169 Å². The topological polar surface area (TPSA) is 36.9 Å². The van der Waals surface area contributed by atoms with E-state index in [-0.39, 0.29) is 27.6 Å². The van der Waals surface area contributed by atoms with Crippen LogP contribution in [0, 0.1) is 0 Å². The zero-order valence-electron chi connectivity index (χ0n) is 37.4. The van der Waals surface area contributed by atoms with Gasteiger partial charge in [-0.15, -0.1) is 0 Å². The van der Waals surface area contributed by atoms with E-state index >= 15 is 0 Å². The molecule has 4 aromatic rings. The molecule has 0 heterocycles. The Morgan fingerprint density at radius 2 is 0.679 bits per heavy atom. The summed E-state index contributed by atoms with van der Waals surface area (Å²) in [7, 11) is 7.35. The van der Waals surface area contributed by atoms with Crippen molar-refractivity contribution in [2.24, 2.45) is 0 Å². The highest BCUT2D eigenvalue weighted by molar-refractivity contribution is 14.1. The van der Waals surface area contributed by atoms with Gasteiger partial charge in [-0.1, -0.05) is 154 Å². The maximum Gasteiger partial charge on any atom is 0.126 e. The van der Waals surface area contributed by atoms with Gasteiger partial charge in [0.1, 0.15) is 23.0 Å². The molecule has 0 atom stereocenters. The van der Waals surface area contributed by atoms with Crippen LogP contribution >= 0.6 is 22.6 Å². The van der Waals surface area contributed by atoms with Gasteiger partial charge in [0, 0.05) is 36.3 Å². The molecular weight excluding hydrogens is 803 g/mol. The van der Waals surface area contributed by atoms with Gasteiger partial charge in [-0.3, -0.25) is 0 Å². The number of alkyl halides is 1. The summed E-state index contributed by atoms with van der Waals surface area (Å²) in [4.78, 5) is 0. The molecule has 0 saturated heterocycles. The van der Waals surface area contributed by atoms with Crippen LogP contribution in [0.25, 0.3) is 0 Å². The van der Waals surface area contributed by atoms with Crippen LogP contribution in [-0.4, -0.2) is 32.9 Å². The van der Waals surface area contributed by atoms with Crippen molar-refractivity contribution in [1.82, 2.24) is 0 Å². The molecule has 0 amide bonds. The second-order valence-electron chi connectivity index (χ2n) is 20.1. The first kappa shape index (κ1) is 43.9. The van der Waals surface area contributed by atoms with Crippen LogP contribution in [0.2, 0.25) is 0 Å². The minimum absolute atomic E-state index is 0.0430. The largest absolute Gasteiger partial charge is 0.496 e. The monoisotopic (exact) mass is 872 g/mol. The molecular formula is C51H69IO4. The molecule has 5 rings (SSSR count). The minimum Gasteiger partial charge on any atom is -0.496 e. The summed E-state index contributed by atoms with van der Waals surface area (Å²) in [5, 5.41) is 0. The Kier molecular flexibility index (Phi) is 13.0. The number of halogens is 1. The predicted molar refractivity (Wildman–Crippen MR) is 245 cm³/mol. The molecule has 0 aliphatic heterocycles. The second kappa shape index (κ2) is 16.6. The summed E-state index contributed by atoms with van der Waals surface area (Å²) in [5.41, 5.74) is 14.3. The molecule has 304 valence electrons. The lowest BCUT2D eigenvalue weighted by atomic mass is 9.76. The quantitative estimate of drug-likeness (QED) is 0.137. The number of ether oxygens (including phenoxy) is 4. The van der Waals surface area contributed by atoms with Gasteiger partial charge in [-0.05, 0) is 94.6 Å². The van der Waals surface area contributed by atoms with Crippen LogP contribution in [0.4, 0.5) is 0 Å². The summed E-state index contributed by atoms with van der Waals surface area (Å²) >= 11 is 2.53. The van der Waals surface area contributed by atoms with Gasteiger partial charge in [0.25, 0.3) is 0 Å². The van der Waals surface area contributed by atoms with Crippen molar-refractivity contribution in [2.45, 2.75) is 143 Å². The van der Waals surface area contributed by atoms with E-state index in [0.717, 1.165) is 51.4 Å². The summed E-state index contributed by atoms with van der Waals surface area (Å²) in [6.45, 7) is 27.7. The highest BCUT2D eigenvalue weighted by atomic mass is 127. The lowest BCUT2D eigenvalue weighted by Gasteiger charge is -2.31. The van der Waals surface area contributed by atoms with Gasteiger partial charge in [0.2, 0.25) is 0 Å². The van der Waals surface area contributed by atoms with Gasteiger partial charge in [-0.2, -0.15) is 0 Å². The van der Waals surface area contributed by atoms with E-state index in [1.165, 1.54) is 55.6 Å². The van der Waals surface area contributed by atoms with E-state index in [1.54, 1.807) is 0 Å². The van der Waals surface area contributed by atoms with Crippen molar-refractivity contribution >= 4 is 22.6 Å². The van der Waals surface area contributed by atoms with Crippen LogP contribution < -0.4 is 18.9 Å². The molecule has 8 bridgehead atoms. The van der Waals surface area contributed by atoms with Crippen LogP contribution in [-0.2, 0) is 40.9 Å². The molecule has 4 nitrogen and oxygen atoms in total. The number of fused-ring (bicyclic) bond motifs is 8. The van der Waals surface area contributed by atoms with Gasteiger partial charge in [0.15, 0.2) is 0 Å². The average molecular weight is 873 g/mol. The number of benzene rings is 4. The van der Waals surface area contributed by atoms with Crippen molar-refractivity contribution in [3.8, 4) is 23.0 Å². The van der Waals surface area contributed by atoms with E-state index in [0.29, 0.717) is 19.3 Å². The van der Waals surface area contributed by atoms with E-state index in [9.17, 15) is 0 Å². The SMILES string of the molecule is COc1c2cc(C(C)(C)C)cc1Cc1cc(C(C)(C)C)cc(c1OC)C(CCCI)c1cc(C(C)(C)C)cc(c1OC)Cc1cc(C(C)(C)C)cc(c1OC)C2. The first-order valence-electron chi connectivity index (χ1n) is 20.4. The van der Waals surface area contributed by atoms with E-state index in [4.69, 9.17) is 18.9 Å². The molecule has 4 aromatic carbocycles. The maximum atomic E-state index is 6.59. The molecule has 0 spiro atoms. The average Bonchev–Trinajstić information content (AvgIpc) is 3.09. The summed E-state index contributed by atoms with van der Waals surface area (Å²) in [5.74, 6) is 3.83. The maximum absolute atomic E-state index is 6.59. The Labute approximate surface area is 353 Å². The molecule has 0 N–H and O–H groups in total. The smallest absolute Gasteiger partial charge is 0.126 e. The molecule has 1 aliphatic rings. The van der Waals surface area contributed by atoms with Crippen molar-refractivity contribution in [3.05, 3.63) is 115 Å². The molecule has 0 radical (unpaired) electrons. The standard InChI is InChI=1S/C51H69IO4/c1-48(2,3)37-23-31-20-32-24-38(49(4,5)6)26-34(45(32)54-14)22-36-28-40(51(10,11)12)30-43(47(36)56-16)41(18-17-19-52)42-29-39(50(7,8)9)27-35(46(42)55-15)21-33(25-37)44(31)53-13/h23-30,41H,17-22H2,1-16H3. The van der Waals surface area contributed by atoms with Crippen LogP contribution in [0.3, 0.4) is 0 Å². The van der Waals surface area contributed by atoms with Crippen LogP contribution in [0.15, 0.2) is 48.5 Å². The Hall–Kier alpha value is -3.19. The van der Waals surface area contributed by atoms with Crippen molar-refractivity contribution in [2.75, 3.05) is 32.9 Å². The third kappa shape index (κ3) is 9.24. The van der Waals surface area contributed by atoms with Gasteiger partial charge < -0.3 is 18.9 Å². The molecule has 0 unspecified atom stereocenters. The van der Waals surface area contributed by atoms with Crippen LogP contribution in [0.5, 0.6) is 23.0 Å². The lowest BCUT2D eigenvalue weighted by molar-refractivity contribution is 0.389. The summed E-state index contributed by atoms with van der Waals surface area (Å²) in [6.07, 6.45) is 4.06. The molecule has 1 aliphatic carbocycles. The molecule has 5 heteroatoms. The first-order valence-corrected chi connectivity index (χ1v) is 22.0. The van der Waals surface area contributed by atoms with E-state index in [2.05, 4.69) is 154 Å². The Morgan fingerprint density at radius 3 is 0.911 bits per heavy atom. The number of rotatable bonds is 7. The normalized spacial score (nSPS) is 14.1. The molecule has 56 heavy (non-hydrogen) atoms. The third-order valence-electron chi connectivity index (χ3n) is 11.7. The summed E-state index contributed by atoms with van der Waals surface area (Å²) < 4.78 is 27.2. The summed E-state index contributed by atoms with van der Waals surface area (Å²) in [6, 6.07) is 19.1. The van der Waals surface area contributed by atoms with Gasteiger partial charge >= 0.3 is 0 Å². The number of hydrogen-bond donors (Lipinski definition) is 0. The van der Waals surface area contributed by atoms with E-state index < -0.39 is 0 Å². The second-order valence-corrected chi connectivity index (χ2v) is 21.2. The highest BCUT2D eigenvalue weighted by Gasteiger charge is 2.32. The Morgan fingerprint density at radius 1 is 0.429 bits per heavy atom. The van der Waals surface area contributed by atoms with E-state index in [1.807, 2.05) is 28.4 Å². The fourth-order valence-electron chi connectivity index (χ4n) is 8.37. The zero-order valence-corrected chi connectivity index (χ0v) is 39.6. The zero-order chi connectivity index (χ0) is 41.5. The number of hydrogen-bond acceptors (Lipinski definition) is 4. The lowest BCUT2D eigenvalue weighted by Crippen LogP contribution is -2.18. The highest BCUT2D eigenvalue weighted by Crippen LogP contribution is 2.48. The molecule has 0 saturated carbocycles. The van der Waals surface area contributed by atoms with Gasteiger partial charge in [-0.25, -0.2) is 0 Å². The van der Waals surface area contributed by atoms with Crippen molar-refractivity contribution in [3.63, 3.8) is 0 Å². The predicted octanol–water partition coefficient (Wildman–Crippen LogP) is 13.3. The van der Waals surface area contributed by atoms with Crippen molar-refractivity contribution < 1.29 is 18.9 Å². The van der Waals surface area contributed by atoms with Crippen molar-refractivity contribution in [1.29, 1.82) is 0 Å².